The molecule has 2 heterocycles. The molecule has 0 amide bonds. The Morgan fingerprint density at radius 1 is 1.32 bits per heavy atom. The maximum atomic E-state index is 14.1. The molecule has 1 fully saturated rings. The van der Waals surface area contributed by atoms with Crippen molar-refractivity contribution in [2.24, 2.45) is 5.92 Å². The van der Waals surface area contributed by atoms with E-state index in [4.69, 9.17) is 24.3 Å². The number of ether oxygens (including phenoxy) is 2. The highest BCUT2D eigenvalue weighted by molar-refractivity contribution is 8.13. The van der Waals surface area contributed by atoms with Gasteiger partial charge in [0, 0.05) is 18.2 Å². The molecule has 1 aromatic carbocycles. The van der Waals surface area contributed by atoms with Gasteiger partial charge in [-0.2, -0.15) is 4.98 Å². The number of thioether (sulfide) groups is 1. The van der Waals surface area contributed by atoms with Crippen LogP contribution in [0.15, 0.2) is 29.3 Å². The molecular weight excluding hydrogens is 540 g/mol. The van der Waals surface area contributed by atoms with Crippen molar-refractivity contribution in [3.63, 3.8) is 0 Å². The standard InChI is InChI=1S/C23H29FN5O7PS/c1-33-18-6-5-15(11-17(18)24)12-36-37(32,35-9-10-38-22(31)16-3-2-4-16)14-34-8-7-29-13-26-19-20(29)27-23(25)28-21(19)30/h5-6,11,13,16H,2-4,7-10,12,14H2,1H3,(H3,25,27,28,30). The Morgan fingerprint density at radius 3 is 2.84 bits per heavy atom. The molecule has 0 aliphatic heterocycles. The summed E-state index contributed by atoms with van der Waals surface area (Å²) in [5.41, 5.74) is 6.02. The van der Waals surface area contributed by atoms with Gasteiger partial charge in [-0.15, -0.1) is 0 Å². The first-order valence-electron chi connectivity index (χ1n) is 11.9. The summed E-state index contributed by atoms with van der Waals surface area (Å²) < 4.78 is 50.7. The van der Waals surface area contributed by atoms with Gasteiger partial charge in [0.15, 0.2) is 27.8 Å². The smallest absolute Gasteiger partial charge is 0.356 e. The highest BCUT2D eigenvalue weighted by Crippen LogP contribution is 2.49. The number of aromatic amines is 1. The fraction of sp³-hybridized carbons (Fsp3) is 0.478. The van der Waals surface area contributed by atoms with Gasteiger partial charge in [0.1, 0.15) is 6.35 Å². The SMILES string of the molecule is COc1ccc(COP(=O)(COCCn2cnc3c(=O)[nH]c(N)nc32)OCCSC(=O)C2CCC2)cc1F. The number of nitrogens with two attached hydrogens (primary N) is 1. The predicted molar refractivity (Wildman–Crippen MR) is 139 cm³/mol. The van der Waals surface area contributed by atoms with Crippen molar-refractivity contribution in [2.45, 2.75) is 32.4 Å². The van der Waals surface area contributed by atoms with Gasteiger partial charge in [-0.25, -0.2) is 9.37 Å². The van der Waals surface area contributed by atoms with E-state index in [9.17, 15) is 18.5 Å². The Bertz CT molecular complexity index is 1380. The minimum atomic E-state index is -3.78. The molecule has 3 N–H and O–H groups in total. The maximum Gasteiger partial charge on any atom is 0.356 e. The Labute approximate surface area is 221 Å². The Balaban J connectivity index is 1.33. The molecule has 206 valence electrons. The normalized spacial score (nSPS) is 15.3. The van der Waals surface area contributed by atoms with Crippen LogP contribution in [0.2, 0.25) is 0 Å². The minimum Gasteiger partial charge on any atom is -0.494 e. The highest BCUT2D eigenvalue weighted by Gasteiger charge is 2.28. The van der Waals surface area contributed by atoms with Crippen LogP contribution < -0.4 is 16.0 Å². The van der Waals surface area contributed by atoms with Crippen LogP contribution in [0.5, 0.6) is 5.75 Å². The topological polar surface area (TPSA) is 161 Å². The molecule has 15 heteroatoms. The van der Waals surface area contributed by atoms with Crippen LogP contribution in [-0.4, -0.2) is 57.1 Å². The lowest BCUT2D eigenvalue weighted by atomic mass is 9.87. The number of halogens is 1. The quantitative estimate of drug-likeness (QED) is 0.216. The molecule has 0 radical (unpaired) electrons. The Hall–Kier alpha value is -2.77. The second kappa shape index (κ2) is 12.9. The Kier molecular flexibility index (Phi) is 9.55. The van der Waals surface area contributed by atoms with Gasteiger partial charge in [0.2, 0.25) is 5.95 Å². The fourth-order valence-corrected chi connectivity index (χ4v) is 5.89. The molecule has 1 atom stereocenters. The van der Waals surface area contributed by atoms with Crippen molar-refractivity contribution in [1.82, 2.24) is 19.5 Å². The zero-order valence-corrected chi connectivity index (χ0v) is 22.5. The molecule has 3 aromatic rings. The molecule has 1 aliphatic carbocycles. The van der Waals surface area contributed by atoms with Gasteiger partial charge in [-0.05, 0) is 30.5 Å². The van der Waals surface area contributed by atoms with E-state index in [2.05, 4.69) is 15.0 Å². The van der Waals surface area contributed by atoms with Crippen LogP contribution in [-0.2, 0) is 36.3 Å². The van der Waals surface area contributed by atoms with Crippen LogP contribution >= 0.6 is 19.4 Å². The third-order valence-electron chi connectivity index (χ3n) is 5.92. The number of rotatable bonds is 14. The summed E-state index contributed by atoms with van der Waals surface area (Å²) in [6.07, 6.45) is 3.92. The van der Waals surface area contributed by atoms with Crippen LogP contribution in [0.25, 0.3) is 11.2 Å². The molecular formula is C23H29FN5O7PS. The number of carbonyl (C=O) groups excluding carboxylic acids is 1. The number of anilines is 1. The van der Waals surface area contributed by atoms with E-state index in [-0.39, 0.29) is 61.0 Å². The summed E-state index contributed by atoms with van der Waals surface area (Å²) >= 11 is 1.15. The van der Waals surface area contributed by atoms with Crippen LogP contribution in [0, 0.1) is 11.7 Å². The first kappa shape index (κ1) is 28.2. The van der Waals surface area contributed by atoms with E-state index < -0.39 is 19.0 Å². The highest BCUT2D eigenvalue weighted by atomic mass is 32.2. The molecule has 2 aromatic heterocycles. The number of hydrogen-bond acceptors (Lipinski definition) is 11. The summed E-state index contributed by atoms with van der Waals surface area (Å²) in [4.78, 5) is 34.5. The van der Waals surface area contributed by atoms with Crippen molar-refractivity contribution in [2.75, 3.05) is 38.2 Å². The monoisotopic (exact) mass is 569 g/mol. The van der Waals surface area contributed by atoms with Crippen molar-refractivity contribution < 1.29 is 32.3 Å². The van der Waals surface area contributed by atoms with Crippen LogP contribution in [0.3, 0.4) is 0 Å². The number of nitrogen functional groups attached to an aromatic ring is 1. The van der Waals surface area contributed by atoms with Gasteiger partial charge in [-0.3, -0.25) is 19.1 Å². The lowest BCUT2D eigenvalue weighted by Gasteiger charge is -2.23. The Morgan fingerprint density at radius 2 is 2.13 bits per heavy atom. The first-order chi connectivity index (χ1) is 18.3. The first-order valence-corrected chi connectivity index (χ1v) is 14.6. The maximum absolute atomic E-state index is 14.1. The lowest BCUT2D eigenvalue weighted by Crippen LogP contribution is -2.20. The number of hydrogen-bond donors (Lipinski definition) is 2. The number of aromatic nitrogens is 4. The average molecular weight is 570 g/mol. The number of nitrogens with zero attached hydrogens (tertiary/aromatic N) is 3. The third-order valence-corrected chi connectivity index (χ3v) is 8.50. The van der Waals surface area contributed by atoms with Gasteiger partial charge in [0.05, 0.1) is 33.3 Å². The number of fused-ring (bicyclic) bond motifs is 1. The molecule has 1 unspecified atom stereocenters. The van der Waals surface area contributed by atoms with Gasteiger partial charge in [0.25, 0.3) is 5.56 Å². The predicted octanol–water partition coefficient (Wildman–Crippen LogP) is 3.31. The summed E-state index contributed by atoms with van der Waals surface area (Å²) in [6.45, 7) is 0.136. The van der Waals surface area contributed by atoms with E-state index in [0.717, 1.165) is 31.0 Å². The molecule has 1 saturated carbocycles. The summed E-state index contributed by atoms with van der Waals surface area (Å²) in [6, 6.07) is 4.26. The second-order valence-corrected chi connectivity index (χ2v) is 11.7. The van der Waals surface area contributed by atoms with Crippen LogP contribution in [0.1, 0.15) is 24.8 Å². The molecule has 38 heavy (non-hydrogen) atoms. The van der Waals surface area contributed by atoms with Crippen molar-refractivity contribution >= 4 is 41.6 Å². The second-order valence-electron chi connectivity index (χ2n) is 8.58. The zero-order valence-electron chi connectivity index (χ0n) is 20.8. The molecule has 4 rings (SSSR count). The van der Waals surface area contributed by atoms with Crippen LogP contribution in [0.4, 0.5) is 10.3 Å². The molecule has 12 nitrogen and oxygen atoms in total. The van der Waals surface area contributed by atoms with E-state index in [1.54, 1.807) is 10.6 Å². The van der Waals surface area contributed by atoms with Crippen molar-refractivity contribution in [3.8, 4) is 5.75 Å². The van der Waals surface area contributed by atoms with Gasteiger partial charge < -0.3 is 28.8 Å². The number of imidazole rings is 1. The summed E-state index contributed by atoms with van der Waals surface area (Å²) in [5, 5.41) is 0.112. The largest absolute Gasteiger partial charge is 0.494 e. The summed E-state index contributed by atoms with van der Waals surface area (Å²) in [7, 11) is -2.42. The number of methoxy groups -OCH3 is 1. The van der Waals surface area contributed by atoms with Crippen molar-refractivity contribution in [3.05, 3.63) is 46.3 Å². The van der Waals surface area contributed by atoms with Gasteiger partial charge >= 0.3 is 7.60 Å². The van der Waals surface area contributed by atoms with E-state index in [1.165, 1.54) is 25.6 Å². The lowest BCUT2D eigenvalue weighted by molar-refractivity contribution is -0.116. The van der Waals surface area contributed by atoms with Gasteiger partial charge in [-0.1, -0.05) is 24.2 Å². The fourth-order valence-electron chi connectivity index (χ4n) is 3.64. The summed E-state index contributed by atoms with van der Waals surface area (Å²) in [5.74, 6) is -0.124. The molecule has 0 saturated heterocycles. The van der Waals surface area contributed by atoms with E-state index >= 15 is 0 Å². The minimum absolute atomic E-state index is 0.0128. The average Bonchev–Trinajstić information content (AvgIpc) is 3.25. The van der Waals surface area contributed by atoms with E-state index in [1.807, 2.05) is 0 Å². The number of nitrogens with one attached hydrogen (secondary N) is 1. The van der Waals surface area contributed by atoms with Crippen molar-refractivity contribution in [1.29, 1.82) is 0 Å². The molecule has 0 spiro atoms. The molecule has 1 aliphatic rings. The molecule has 0 bridgehead atoms. The zero-order chi connectivity index (χ0) is 27.1. The number of carbonyl (C=O) groups is 1. The van der Waals surface area contributed by atoms with E-state index in [0.29, 0.717) is 17.0 Å². The third kappa shape index (κ3) is 7.20. The number of benzene rings is 1. The number of H-pyrrole nitrogens is 1.